The molecule has 1 nitrogen and oxygen atoms in total. The largest absolute Gasteiger partial charge is 0.383 e. The molecule has 106 valence electrons. The first kappa shape index (κ1) is 14.8. The summed E-state index contributed by atoms with van der Waals surface area (Å²) in [5.74, 6) is 0. The highest BCUT2D eigenvalue weighted by Gasteiger charge is 2.15. The Balaban J connectivity index is 1.87. The van der Waals surface area contributed by atoms with Gasteiger partial charge in [0, 0.05) is 9.35 Å². The van der Waals surface area contributed by atoms with E-state index in [2.05, 4.69) is 28.1 Å². The Bertz CT molecular complexity index is 718. The van der Waals surface area contributed by atoms with Crippen molar-refractivity contribution in [2.45, 2.75) is 6.10 Å². The maximum absolute atomic E-state index is 10.4. The van der Waals surface area contributed by atoms with Gasteiger partial charge in [-0.05, 0) is 38.7 Å². The van der Waals surface area contributed by atoms with Crippen molar-refractivity contribution < 1.29 is 5.11 Å². The van der Waals surface area contributed by atoms with Gasteiger partial charge in [-0.3, -0.25) is 0 Å². The predicted octanol–water partition coefficient (Wildman–Crippen LogP) is 5.91. The minimum atomic E-state index is -0.649. The van der Waals surface area contributed by atoms with Crippen LogP contribution >= 0.6 is 38.9 Å². The second kappa shape index (κ2) is 6.32. The summed E-state index contributed by atoms with van der Waals surface area (Å²) >= 11 is 10.8. The van der Waals surface area contributed by atoms with E-state index in [1.165, 1.54) is 16.9 Å². The summed E-state index contributed by atoms with van der Waals surface area (Å²) < 4.78 is 1.48. The third-order valence-corrected chi connectivity index (χ3v) is 5.79. The van der Waals surface area contributed by atoms with Crippen LogP contribution in [0, 0.1) is 0 Å². The normalized spacial score (nSPS) is 12.3. The van der Waals surface area contributed by atoms with E-state index in [0.717, 1.165) is 20.5 Å². The highest BCUT2D eigenvalue weighted by Crippen LogP contribution is 2.37. The zero-order chi connectivity index (χ0) is 14.8. The Hall–Kier alpha value is -1.13. The number of thiophene rings is 1. The highest BCUT2D eigenvalue weighted by atomic mass is 79.9. The first-order chi connectivity index (χ1) is 10.1. The summed E-state index contributed by atoms with van der Waals surface area (Å²) in [6.07, 6.45) is -0.649. The molecule has 3 aromatic rings. The summed E-state index contributed by atoms with van der Waals surface area (Å²) in [5, 5.41) is 10.4. The third kappa shape index (κ3) is 3.22. The zero-order valence-electron chi connectivity index (χ0n) is 11.0. The van der Waals surface area contributed by atoms with E-state index < -0.39 is 6.10 Å². The molecule has 0 saturated carbocycles. The average Bonchev–Trinajstić information content (AvgIpc) is 2.87. The number of halogens is 2. The van der Waals surface area contributed by atoms with Crippen molar-refractivity contribution >= 4 is 38.9 Å². The molecule has 0 aliphatic carbocycles. The van der Waals surface area contributed by atoms with Gasteiger partial charge in [-0.2, -0.15) is 0 Å². The molecule has 1 N–H and O–H groups in total. The maximum atomic E-state index is 10.4. The van der Waals surface area contributed by atoms with E-state index in [4.69, 9.17) is 11.6 Å². The van der Waals surface area contributed by atoms with Crippen molar-refractivity contribution in [3.63, 3.8) is 0 Å². The number of aliphatic hydroxyl groups is 1. The molecule has 0 amide bonds. The molecule has 1 atom stereocenters. The SMILES string of the molecule is OC(c1ccc(-c2ccccc2)cc1)c1cc(Br)c(Cl)s1. The van der Waals surface area contributed by atoms with E-state index in [1.54, 1.807) is 0 Å². The van der Waals surface area contributed by atoms with Gasteiger partial charge in [0.05, 0.1) is 0 Å². The van der Waals surface area contributed by atoms with Gasteiger partial charge in [0.2, 0.25) is 0 Å². The summed E-state index contributed by atoms with van der Waals surface area (Å²) in [5.41, 5.74) is 3.16. The second-order valence-corrected chi connectivity index (χ2v) is 7.20. The van der Waals surface area contributed by atoms with Crippen LogP contribution in [0.1, 0.15) is 16.5 Å². The number of hydrogen-bond acceptors (Lipinski definition) is 2. The van der Waals surface area contributed by atoms with Crippen LogP contribution in [0.4, 0.5) is 0 Å². The van der Waals surface area contributed by atoms with Crippen molar-refractivity contribution in [2.24, 2.45) is 0 Å². The van der Waals surface area contributed by atoms with Crippen LogP contribution in [0.5, 0.6) is 0 Å². The zero-order valence-corrected chi connectivity index (χ0v) is 14.1. The third-order valence-electron chi connectivity index (χ3n) is 3.27. The lowest BCUT2D eigenvalue weighted by Crippen LogP contribution is -1.96. The standard InChI is InChI=1S/C17H12BrClOS/c18-14-10-15(21-17(14)19)16(20)13-8-6-12(7-9-13)11-4-2-1-3-5-11/h1-10,16,20H. The van der Waals surface area contributed by atoms with Gasteiger partial charge < -0.3 is 5.11 Å². The Kier molecular flexibility index (Phi) is 4.45. The first-order valence-corrected chi connectivity index (χ1v) is 8.42. The summed E-state index contributed by atoms with van der Waals surface area (Å²) in [6.45, 7) is 0. The second-order valence-electron chi connectivity index (χ2n) is 4.66. The molecular weight excluding hydrogens is 368 g/mol. The fourth-order valence-electron chi connectivity index (χ4n) is 2.15. The molecule has 1 aromatic heterocycles. The molecule has 21 heavy (non-hydrogen) atoms. The molecule has 0 spiro atoms. The van der Waals surface area contributed by atoms with Crippen LogP contribution in [0.2, 0.25) is 4.34 Å². The van der Waals surface area contributed by atoms with Gasteiger partial charge in [0.1, 0.15) is 10.4 Å². The van der Waals surface area contributed by atoms with Gasteiger partial charge in [0.25, 0.3) is 0 Å². The fourth-order valence-corrected chi connectivity index (χ4v) is 3.90. The van der Waals surface area contributed by atoms with Crippen molar-refractivity contribution in [1.82, 2.24) is 0 Å². The molecule has 0 aliphatic rings. The number of benzene rings is 2. The fraction of sp³-hybridized carbons (Fsp3) is 0.0588. The first-order valence-electron chi connectivity index (χ1n) is 6.43. The minimum Gasteiger partial charge on any atom is -0.383 e. The van der Waals surface area contributed by atoms with Crippen molar-refractivity contribution in [2.75, 3.05) is 0 Å². The Morgan fingerprint density at radius 3 is 2.14 bits per heavy atom. The average molecular weight is 380 g/mol. The van der Waals surface area contributed by atoms with Crippen LogP contribution in [-0.2, 0) is 0 Å². The lowest BCUT2D eigenvalue weighted by Gasteiger charge is -2.10. The van der Waals surface area contributed by atoms with Gasteiger partial charge in [-0.15, -0.1) is 11.3 Å². The molecule has 2 aromatic carbocycles. The highest BCUT2D eigenvalue weighted by molar-refractivity contribution is 9.10. The lowest BCUT2D eigenvalue weighted by molar-refractivity contribution is 0.224. The van der Waals surface area contributed by atoms with Gasteiger partial charge in [0.15, 0.2) is 0 Å². The number of rotatable bonds is 3. The Morgan fingerprint density at radius 1 is 0.952 bits per heavy atom. The van der Waals surface area contributed by atoms with E-state index >= 15 is 0 Å². The summed E-state index contributed by atoms with van der Waals surface area (Å²) in [4.78, 5) is 0.833. The molecule has 0 radical (unpaired) electrons. The molecular formula is C17H12BrClOS. The van der Waals surface area contributed by atoms with Crippen LogP contribution in [-0.4, -0.2) is 5.11 Å². The lowest BCUT2D eigenvalue weighted by atomic mass is 10.0. The van der Waals surface area contributed by atoms with E-state index in [1.807, 2.05) is 48.5 Å². The molecule has 0 bridgehead atoms. The molecule has 0 saturated heterocycles. The van der Waals surface area contributed by atoms with Crippen molar-refractivity contribution in [3.05, 3.63) is 79.9 Å². The van der Waals surface area contributed by atoms with Crippen LogP contribution in [0.15, 0.2) is 65.1 Å². The van der Waals surface area contributed by atoms with Gasteiger partial charge in [-0.25, -0.2) is 0 Å². The van der Waals surface area contributed by atoms with E-state index in [0.29, 0.717) is 4.34 Å². The quantitative estimate of drug-likeness (QED) is 0.599. The predicted molar refractivity (Wildman–Crippen MR) is 93.0 cm³/mol. The van der Waals surface area contributed by atoms with Crippen LogP contribution in [0.3, 0.4) is 0 Å². The molecule has 0 fully saturated rings. The molecule has 3 rings (SSSR count). The molecule has 1 unspecified atom stereocenters. The van der Waals surface area contributed by atoms with Crippen LogP contribution in [0.25, 0.3) is 11.1 Å². The summed E-state index contributed by atoms with van der Waals surface area (Å²) in [7, 11) is 0. The number of hydrogen-bond donors (Lipinski definition) is 1. The molecule has 0 aliphatic heterocycles. The Labute approximate surface area is 141 Å². The topological polar surface area (TPSA) is 20.2 Å². The van der Waals surface area contributed by atoms with E-state index in [-0.39, 0.29) is 0 Å². The molecule has 4 heteroatoms. The van der Waals surface area contributed by atoms with Crippen LogP contribution < -0.4 is 0 Å². The summed E-state index contributed by atoms with van der Waals surface area (Å²) in [6, 6.07) is 20.0. The maximum Gasteiger partial charge on any atom is 0.113 e. The van der Waals surface area contributed by atoms with E-state index in [9.17, 15) is 5.11 Å². The van der Waals surface area contributed by atoms with Gasteiger partial charge in [-0.1, -0.05) is 66.2 Å². The molecule has 1 heterocycles. The number of aliphatic hydroxyl groups excluding tert-OH is 1. The monoisotopic (exact) mass is 378 g/mol. The van der Waals surface area contributed by atoms with Gasteiger partial charge >= 0.3 is 0 Å². The van der Waals surface area contributed by atoms with Crippen molar-refractivity contribution in [3.8, 4) is 11.1 Å². The van der Waals surface area contributed by atoms with Crippen molar-refractivity contribution in [1.29, 1.82) is 0 Å². The minimum absolute atomic E-state index is 0.649. The Morgan fingerprint density at radius 2 is 1.57 bits per heavy atom. The smallest absolute Gasteiger partial charge is 0.113 e.